The predicted molar refractivity (Wildman–Crippen MR) is 78.2 cm³/mol. The fraction of sp³-hybridized carbons (Fsp3) is 0.375. The number of aryl methyl sites for hydroxylation is 1. The van der Waals surface area contributed by atoms with Crippen LogP contribution >= 0.6 is 0 Å². The van der Waals surface area contributed by atoms with E-state index in [9.17, 15) is 4.79 Å². The summed E-state index contributed by atoms with van der Waals surface area (Å²) in [5, 5.41) is 0. The first-order valence-electron chi connectivity index (χ1n) is 6.88. The Hall–Kier alpha value is -2.28. The molecule has 0 saturated heterocycles. The summed E-state index contributed by atoms with van der Waals surface area (Å²) in [4.78, 5) is 17.8. The summed E-state index contributed by atoms with van der Waals surface area (Å²) in [6.45, 7) is 0.233. The molecule has 0 bridgehead atoms. The minimum Gasteiger partial charge on any atom is -0.385 e. The molecule has 1 aromatic rings. The van der Waals surface area contributed by atoms with Crippen LogP contribution in [-0.2, 0) is 12.0 Å². The maximum atomic E-state index is 12.1. The van der Waals surface area contributed by atoms with E-state index in [0.29, 0.717) is 5.84 Å². The van der Waals surface area contributed by atoms with Crippen LogP contribution in [0.2, 0.25) is 0 Å². The molecule has 1 spiro atoms. The van der Waals surface area contributed by atoms with Crippen molar-refractivity contribution < 1.29 is 4.79 Å². The van der Waals surface area contributed by atoms with Crippen LogP contribution in [0.1, 0.15) is 30.4 Å². The maximum absolute atomic E-state index is 12.1. The number of amides is 2. The first kappa shape index (κ1) is 12.7. The molecule has 0 aromatic heterocycles. The molecule has 1 atom stereocenters. The lowest BCUT2D eigenvalue weighted by Crippen LogP contribution is -2.51. The number of hydrogen-bond acceptors (Lipinski definition) is 2. The number of nitrogens with two attached hydrogens (primary N) is 1. The number of amidine groups is 1. The minimum atomic E-state index is -0.642. The van der Waals surface area contributed by atoms with Gasteiger partial charge in [-0.15, -0.1) is 6.42 Å². The second-order valence-electron chi connectivity index (χ2n) is 5.29. The largest absolute Gasteiger partial charge is 0.385 e. The lowest BCUT2D eigenvalue weighted by atomic mass is 9.82. The molecule has 2 N–H and O–H groups in total. The van der Waals surface area contributed by atoms with Gasteiger partial charge in [0, 0.05) is 0 Å². The van der Waals surface area contributed by atoms with Gasteiger partial charge in [0.2, 0.25) is 0 Å². The lowest BCUT2D eigenvalue weighted by molar-refractivity contribution is 0.175. The van der Waals surface area contributed by atoms with Gasteiger partial charge in [-0.1, -0.05) is 30.2 Å². The summed E-state index contributed by atoms with van der Waals surface area (Å²) in [6.07, 6.45) is 9.30. The first-order chi connectivity index (χ1) is 9.70. The molecule has 1 aliphatic carbocycles. The van der Waals surface area contributed by atoms with Crippen molar-refractivity contribution in [3.05, 3.63) is 35.4 Å². The molecule has 1 aromatic carbocycles. The Labute approximate surface area is 118 Å². The van der Waals surface area contributed by atoms with Crippen LogP contribution < -0.4 is 5.73 Å². The molecule has 0 fully saturated rings. The molecule has 102 valence electrons. The van der Waals surface area contributed by atoms with E-state index >= 15 is 0 Å². The van der Waals surface area contributed by atoms with Crippen molar-refractivity contribution in [2.24, 2.45) is 10.7 Å². The highest BCUT2D eigenvalue weighted by molar-refractivity contribution is 6.06. The number of hydrogen-bond donors (Lipinski definition) is 1. The minimum absolute atomic E-state index is 0.233. The van der Waals surface area contributed by atoms with E-state index in [1.165, 1.54) is 5.56 Å². The highest BCUT2D eigenvalue weighted by Crippen LogP contribution is 2.42. The van der Waals surface area contributed by atoms with Gasteiger partial charge in [-0.25, -0.2) is 4.79 Å². The van der Waals surface area contributed by atoms with Gasteiger partial charge in [0.25, 0.3) is 0 Å². The Morgan fingerprint density at radius 2 is 2.20 bits per heavy atom. The highest BCUT2D eigenvalue weighted by Gasteiger charge is 2.50. The highest BCUT2D eigenvalue weighted by atomic mass is 16.2. The molecule has 0 saturated carbocycles. The SMILES string of the molecule is C#CCN1C(=O)N=C(N)C12CCCCc1ccccc12. The standard InChI is InChI=1S/C16H17N3O/c1-2-11-19-15(20)18-14(17)16(19)10-6-5-8-12-7-3-4-9-13(12)16/h1,3-4,7,9H,5-6,8,10-11H2,(H2,17,18,20). The van der Waals surface area contributed by atoms with Crippen LogP contribution in [0.15, 0.2) is 29.3 Å². The molecule has 20 heavy (non-hydrogen) atoms. The number of terminal acetylenes is 1. The quantitative estimate of drug-likeness (QED) is 0.791. The monoisotopic (exact) mass is 267 g/mol. The maximum Gasteiger partial charge on any atom is 0.347 e. The molecule has 3 rings (SSSR count). The average Bonchev–Trinajstić information content (AvgIpc) is 2.62. The molecule has 1 aliphatic heterocycles. The van der Waals surface area contributed by atoms with Crippen molar-refractivity contribution in [2.75, 3.05) is 6.54 Å². The number of rotatable bonds is 1. The average molecular weight is 267 g/mol. The molecule has 1 unspecified atom stereocenters. The summed E-state index contributed by atoms with van der Waals surface area (Å²) in [7, 11) is 0. The van der Waals surface area contributed by atoms with E-state index in [2.05, 4.69) is 17.0 Å². The smallest absolute Gasteiger partial charge is 0.347 e. The van der Waals surface area contributed by atoms with Gasteiger partial charge in [0.15, 0.2) is 0 Å². The number of carbonyl (C=O) groups is 1. The molecule has 2 amide bonds. The zero-order valence-electron chi connectivity index (χ0n) is 11.3. The molecule has 4 heteroatoms. The van der Waals surface area contributed by atoms with Crippen molar-refractivity contribution in [3.63, 3.8) is 0 Å². The normalized spacial score (nSPS) is 25.1. The molecule has 4 nitrogen and oxygen atoms in total. The van der Waals surface area contributed by atoms with Gasteiger partial charge >= 0.3 is 6.03 Å². The Balaban J connectivity index is 2.21. The second kappa shape index (κ2) is 4.68. The molecule has 2 aliphatic rings. The van der Waals surface area contributed by atoms with Crippen LogP contribution in [0.3, 0.4) is 0 Å². The van der Waals surface area contributed by atoms with Crippen LogP contribution in [0.4, 0.5) is 4.79 Å². The zero-order valence-corrected chi connectivity index (χ0v) is 11.3. The van der Waals surface area contributed by atoms with Crippen molar-refractivity contribution >= 4 is 11.9 Å². The number of urea groups is 1. The zero-order chi connectivity index (χ0) is 14.2. The summed E-state index contributed by atoms with van der Waals surface area (Å²) < 4.78 is 0. The van der Waals surface area contributed by atoms with Gasteiger partial charge in [-0.2, -0.15) is 4.99 Å². The molecular formula is C16H17N3O. The molecule has 1 heterocycles. The van der Waals surface area contributed by atoms with E-state index in [0.717, 1.165) is 31.2 Å². The molecule has 0 radical (unpaired) electrons. The van der Waals surface area contributed by atoms with Gasteiger partial charge in [0.1, 0.15) is 11.4 Å². The van der Waals surface area contributed by atoms with Gasteiger partial charge in [-0.05, 0) is 36.8 Å². The topological polar surface area (TPSA) is 58.7 Å². The third-order valence-electron chi connectivity index (χ3n) is 4.28. The Morgan fingerprint density at radius 1 is 1.40 bits per heavy atom. The van der Waals surface area contributed by atoms with E-state index < -0.39 is 5.54 Å². The van der Waals surface area contributed by atoms with Gasteiger partial charge < -0.3 is 5.73 Å². The third kappa shape index (κ3) is 1.63. The first-order valence-corrected chi connectivity index (χ1v) is 6.88. The third-order valence-corrected chi connectivity index (χ3v) is 4.28. The summed E-state index contributed by atoms with van der Waals surface area (Å²) in [6, 6.07) is 7.83. The number of aliphatic imine (C=N–C) groups is 1. The van der Waals surface area contributed by atoms with Gasteiger partial charge in [-0.3, -0.25) is 4.90 Å². The number of nitrogens with zero attached hydrogens (tertiary/aromatic N) is 2. The summed E-state index contributed by atoms with van der Waals surface area (Å²) >= 11 is 0. The fourth-order valence-corrected chi connectivity index (χ4v) is 3.37. The van der Waals surface area contributed by atoms with Crippen molar-refractivity contribution in [1.29, 1.82) is 0 Å². The summed E-state index contributed by atoms with van der Waals surface area (Å²) in [5.74, 6) is 2.94. The summed E-state index contributed by atoms with van der Waals surface area (Å²) in [5.41, 5.74) is 7.84. The van der Waals surface area contributed by atoms with Gasteiger partial charge in [0.05, 0.1) is 6.54 Å². The van der Waals surface area contributed by atoms with Crippen LogP contribution in [0, 0.1) is 12.3 Å². The van der Waals surface area contributed by atoms with Crippen molar-refractivity contribution in [1.82, 2.24) is 4.90 Å². The van der Waals surface area contributed by atoms with Crippen LogP contribution in [0.5, 0.6) is 0 Å². The Kier molecular flexibility index (Phi) is 2.98. The van der Waals surface area contributed by atoms with Crippen molar-refractivity contribution in [3.8, 4) is 12.3 Å². The molecular weight excluding hydrogens is 250 g/mol. The fourth-order valence-electron chi connectivity index (χ4n) is 3.37. The van der Waals surface area contributed by atoms with Crippen molar-refractivity contribution in [2.45, 2.75) is 31.2 Å². The number of fused-ring (bicyclic) bond motifs is 2. The Bertz CT molecular complexity index is 629. The van der Waals surface area contributed by atoms with Crippen LogP contribution in [-0.4, -0.2) is 23.3 Å². The van der Waals surface area contributed by atoms with Crippen LogP contribution in [0.25, 0.3) is 0 Å². The van der Waals surface area contributed by atoms with E-state index in [1.54, 1.807) is 4.90 Å². The van der Waals surface area contributed by atoms with E-state index in [1.807, 2.05) is 18.2 Å². The number of benzene rings is 1. The predicted octanol–water partition coefficient (Wildman–Crippen LogP) is 2.03. The number of carbonyl (C=O) groups excluding carboxylic acids is 1. The lowest BCUT2D eigenvalue weighted by Gasteiger charge is -2.37. The Morgan fingerprint density at radius 3 is 3.00 bits per heavy atom. The van der Waals surface area contributed by atoms with E-state index in [-0.39, 0.29) is 12.6 Å². The van der Waals surface area contributed by atoms with E-state index in [4.69, 9.17) is 12.2 Å². The second-order valence-corrected chi connectivity index (χ2v) is 5.29.